The van der Waals surface area contributed by atoms with Crippen LogP contribution in [0, 0.1) is 0 Å². The van der Waals surface area contributed by atoms with Crippen molar-refractivity contribution in [3.05, 3.63) is 59.2 Å². The summed E-state index contributed by atoms with van der Waals surface area (Å²) in [4.78, 5) is 26.3. The van der Waals surface area contributed by atoms with E-state index in [1.165, 1.54) is 33.5 Å². The first-order valence-corrected chi connectivity index (χ1v) is 10.4. The summed E-state index contributed by atoms with van der Waals surface area (Å²) in [7, 11) is 4.08. The third-order valence-electron chi connectivity index (χ3n) is 5.26. The Morgan fingerprint density at radius 3 is 1.89 bits per heavy atom. The van der Waals surface area contributed by atoms with Gasteiger partial charge >= 0.3 is 5.97 Å². The zero-order chi connectivity index (χ0) is 26.6. The maximum Gasteiger partial charge on any atom is 0.339 e. The van der Waals surface area contributed by atoms with Crippen molar-refractivity contribution >= 4 is 11.8 Å². The van der Waals surface area contributed by atoms with Crippen LogP contribution in [0.25, 0.3) is 0 Å². The predicted molar refractivity (Wildman–Crippen MR) is 122 cm³/mol. The first kappa shape index (κ1) is 25.8. The van der Waals surface area contributed by atoms with Crippen molar-refractivity contribution in [1.82, 2.24) is 0 Å². The molecule has 1 atom stereocenters. The number of methoxy groups -OCH3 is 3. The molecule has 3 aromatic carbocycles. The van der Waals surface area contributed by atoms with Crippen molar-refractivity contribution < 1.29 is 54.1 Å². The second kappa shape index (κ2) is 10.6. The average molecular weight is 499 g/mol. The number of phenols is 4. The summed E-state index contributed by atoms with van der Waals surface area (Å²) in [5, 5.41) is 51.3. The molecule has 3 aromatic rings. The number of hydrogen-bond donors (Lipinski definition) is 4. The molecule has 190 valence electrons. The van der Waals surface area contributed by atoms with E-state index in [0.717, 1.165) is 30.3 Å². The highest BCUT2D eigenvalue weighted by molar-refractivity contribution is 6.02. The molecule has 0 bridgehead atoms. The smallest absolute Gasteiger partial charge is 0.339 e. The van der Waals surface area contributed by atoms with E-state index >= 15 is 0 Å². The quantitative estimate of drug-likeness (QED) is 0.251. The van der Waals surface area contributed by atoms with E-state index in [0.29, 0.717) is 0 Å². The summed E-state index contributed by atoms with van der Waals surface area (Å²) in [5.41, 5.74) is -0.416. The second-order valence-corrected chi connectivity index (χ2v) is 7.52. The average Bonchev–Trinajstić information content (AvgIpc) is 2.85. The normalized spacial score (nSPS) is 11.4. The van der Waals surface area contributed by atoms with Gasteiger partial charge in [0.05, 0.1) is 26.9 Å². The molecule has 3 rings (SSSR count). The van der Waals surface area contributed by atoms with Gasteiger partial charge in [-0.05, 0) is 18.2 Å². The number of esters is 1. The van der Waals surface area contributed by atoms with Gasteiger partial charge in [-0.15, -0.1) is 0 Å². The number of hydrogen-bond acceptors (Lipinski definition) is 11. The number of Topliss-reactive ketones (excluding diaryl/α,β-unsaturated/α-hetero) is 1. The highest BCUT2D eigenvalue weighted by atomic mass is 16.5. The summed E-state index contributed by atoms with van der Waals surface area (Å²) >= 11 is 0. The van der Waals surface area contributed by atoms with Gasteiger partial charge in [0, 0.05) is 29.7 Å². The standard InChI is InChI=1S/C25H24O11/c1-33-21-7-13(8-22(34-2)24(21)35-3)25(32)36-20(11-15-17(28)9-14(26)10-18(15)29)23(31)12-4-5-16(27)19(30)6-12/h4-10,20,26-30H,11H2,1-3H3/p-1/t20-/m1/s1. The van der Waals surface area contributed by atoms with Gasteiger partial charge < -0.3 is 44.5 Å². The number of carbonyl (C=O) groups excluding carboxylic acids is 2. The summed E-state index contributed by atoms with van der Waals surface area (Å²) in [5.74, 6) is -4.24. The summed E-state index contributed by atoms with van der Waals surface area (Å²) < 4.78 is 21.1. The number of carbonyl (C=O) groups is 2. The second-order valence-electron chi connectivity index (χ2n) is 7.52. The van der Waals surface area contributed by atoms with Gasteiger partial charge in [0.1, 0.15) is 23.0 Å². The van der Waals surface area contributed by atoms with E-state index in [1.54, 1.807) is 0 Å². The van der Waals surface area contributed by atoms with Crippen LogP contribution in [-0.4, -0.2) is 59.6 Å². The molecule has 0 heterocycles. The lowest BCUT2D eigenvalue weighted by Gasteiger charge is -2.20. The minimum absolute atomic E-state index is 0.0702. The Balaban J connectivity index is 2.03. The van der Waals surface area contributed by atoms with Gasteiger partial charge in [0.15, 0.2) is 17.6 Å². The van der Waals surface area contributed by atoms with Gasteiger partial charge in [-0.3, -0.25) is 4.79 Å². The summed E-state index contributed by atoms with van der Waals surface area (Å²) in [6.07, 6.45) is -2.14. The molecule has 0 aromatic heterocycles. The number of rotatable bonds is 9. The minimum Gasteiger partial charge on any atom is -0.870 e. The zero-order valence-electron chi connectivity index (χ0n) is 19.5. The van der Waals surface area contributed by atoms with E-state index in [9.17, 15) is 35.1 Å². The van der Waals surface area contributed by atoms with Gasteiger partial charge in [-0.25, -0.2) is 4.79 Å². The van der Waals surface area contributed by atoms with Crippen molar-refractivity contribution in [2.24, 2.45) is 0 Å². The number of benzene rings is 3. The van der Waals surface area contributed by atoms with Crippen molar-refractivity contribution in [3.8, 4) is 46.0 Å². The molecule has 11 nitrogen and oxygen atoms in total. The van der Waals surface area contributed by atoms with E-state index in [-0.39, 0.29) is 33.9 Å². The van der Waals surface area contributed by atoms with E-state index < -0.39 is 53.0 Å². The topological polar surface area (TPSA) is 175 Å². The number of ketones is 1. The van der Waals surface area contributed by atoms with Crippen molar-refractivity contribution in [1.29, 1.82) is 0 Å². The Morgan fingerprint density at radius 2 is 1.39 bits per heavy atom. The molecule has 0 fully saturated rings. The fourth-order valence-electron chi connectivity index (χ4n) is 3.46. The van der Waals surface area contributed by atoms with Gasteiger partial charge in [0.2, 0.25) is 11.5 Å². The monoisotopic (exact) mass is 499 g/mol. The van der Waals surface area contributed by atoms with Gasteiger partial charge in [-0.2, -0.15) is 0 Å². The molecule has 0 amide bonds. The van der Waals surface area contributed by atoms with Crippen molar-refractivity contribution in [2.45, 2.75) is 12.5 Å². The third-order valence-corrected chi connectivity index (χ3v) is 5.26. The molecular formula is C25H23O11-. The Hall–Kier alpha value is -4.80. The fraction of sp³-hybridized carbons (Fsp3) is 0.200. The number of ether oxygens (including phenoxy) is 4. The molecule has 0 aliphatic heterocycles. The fourth-order valence-corrected chi connectivity index (χ4v) is 3.46. The minimum atomic E-state index is -1.63. The van der Waals surface area contributed by atoms with Crippen LogP contribution in [0.5, 0.6) is 46.0 Å². The first-order chi connectivity index (χ1) is 17.1. The highest BCUT2D eigenvalue weighted by Crippen LogP contribution is 2.39. The maximum absolute atomic E-state index is 13.2. The molecule has 0 saturated carbocycles. The molecule has 4 N–H and O–H groups in total. The maximum atomic E-state index is 13.2. The molecule has 0 aliphatic carbocycles. The largest absolute Gasteiger partial charge is 0.870 e. The first-order valence-electron chi connectivity index (χ1n) is 10.4. The van der Waals surface area contributed by atoms with E-state index in [1.807, 2.05) is 0 Å². The number of aromatic hydroxyl groups is 4. The molecular weight excluding hydrogens is 476 g/mol. The summed E-state index contributed by atoms with van der Waals surface area (Å²) in [6.45, 7) is 0. The summed E-state index contributed by atoms with van der Waals surface area (Å²) in [6, 6.07) is 7.52. The molecule has 0 unspecified atom stereocenters. The van der Waals surface area contributed by atoms with Crippen LogP contribution >= 0.6 is 0 Å². The SMILES string of the molecule is COc1cc(C(=O)O[C@H](Cc2c(O)cc(O)cc2O)C(=O)c2ccc([O-])c(O)c2)cc(OC)c1OC. The van der Waals surface area contributed by atoms with Gasteiger partial charge in [0.25, 0.3) is 0 Å². The van der Waals surface area contributed by atoms with Crippen LogP contribution in [0.15, 0.2) is 42.5 Å². The lowest BCUT2D eigenvalue weighted by atomic mass is 9.98. The van der Waals surface area contributed by atoms with Crippen molar-refractivity contribution in [2.75, 3.05) is 21.3 Å². The van der Waals surface area contributed by atoms with Crippen LogP contribution in [0.3, 0.4) is 0 Å². The Bertz CT molecular complexity index is 1250. The van der Waals surface area contributed by atoms with Crippen LogP contribution in [0.4, 0.5) is 0 Å². The predicted octanol–water partition coefficient (Wildman–Crippen LogP) is 2.26. The zero-order valence-corrected chi connectivity index (χ0v) is 19.5. The molecule has 0 radical (unpaired) electrons. The highest BCUT2D eigenvalue weighted by Gasteiger charge is 2.29. The van der Waals surface area contributed by atoms with Crippen LogP contribution in [0.1, 0.15) is 26.3 Å². The lowest BCUT2D eigenvalue weighted by molar-refractivity contribution is -0.270. The third kappa shape index (κ3) is 5.30. The van der Waals surface area contributed by atoms with E-state index in [2.05, 4.69) is 0 Å². The Morgan fingerprint density at radius 1 is 0.806 bits per heavy atom. The molecule has 11 heteroatoms. The van der Waals surface area contributed by atoms with Gasteiger partial charge in [-0.1, -0.05) is 17.9 Å². The van der Waals surface area contributed by atoms with Crippen LogP contribution < -0.4 is 19.3 Å². The van der Waals surface area contributed by atoms with Crippen LogP contribution in [0.2, 0.25) is 0 Å². The molecule has 0 saturated heterocycles. The Kier molecular flexibility index (Phi) is 7.63. The number of phenolic OH excluding ortho intramolecular Hbond substituents is 4. The molecule has 0 aliphatic rings. The van der Waals surface area contributed by atoms with Crippen LogP contribution in [-0.2, 0) is 11.2 Å². The molecule has 36 heavy (non-hydrogen) atoms. The lowest BCUT2D eigenvalue weighted by Crippen LogP contribution is -2.30. The van der Waals surface area contributed by atoms with E-state index in [4.69, 9.17) is 18.9 Å². The Labute approximate surface area is 205 Å². The molecule has 0 spiro atoms. The van der Waals surface area contributed by atoms with Crippen molar-refractivity contribution in [3.63, 3.8) is 0 Å².